The van der Waals surface area contributed by atoms with Gasteiger partial charge in [-0.1, -0.05) is 27.4 Å². The molecule has 0 aliphatic heterocycles. The Labute approximate surface area is 83.8 Å². The summed E-state index contributed by atoms with van der Waals surface area (Å²) >= 11 is 0. The van der Waals surface area contributed by atoms with Crippen LogP contribution in [0.4, 0.5) is 0 Å². The molecule has 0 amide bonds. The minimum atomic E-state index is -0.330. The Bertz CT molecular complexity index is 224. The summed E-state index contributed by atoms with van der Waals surface area (Å²) in [5.74, 6) is -0.285. The van der Waals surface area contributed by atoms with Crippen LogP contribution < -0.4 is 0 Å². The molecule has 0 bridgehead atoms. The number of hydrogen-bond donors (Lipinski definition) is 0. The zero-order valence-corrected chi connectivity index (χ0v) is 11.5. The molecule has 0 saturated carbocycles. The van der Waals surface area contributed by atoms with Crippen LogP contribution in [0.2, 0.25) is 0 Å². The van der Waals surface area contributed by atoms with Crippen molar-refractivity contribution in [1.29, 1.82) is 0 Å². The normalized spacial score (nSPS) is 16.4. The fraction of sp³-hybridized carbons (Fsp3) is 0.700. The Morgan fingerprint density at radius 2 is 1.69 bits per heavy atom. The van der Waals surface area contributed by atoms with Crippen LogP contribution in [0, 0.1) is 5.41 Å². The standard InChI is InChI=1S/C10H20O2Si/c1-7(2)8(11)12-10(6,13)9(3,4)5/h1H2,2-6,13H3. The highest BCUT2D eigenvalue weighted by Gasteiger charge is 2.36. The molecule has 0 fully saturated rings. The fourth-order valence-corrected chi connectivity index (χ4v) is 0.657. The van der Waals surface area contributed by atoms with Crippen LogP contribution in [-0.2, 0) is 9.53 Å². The van der Waals surface area contributed by atoms with Crippen LogP contribution in [-0.4, -0.2) is 21.4 Å². The molecule has 0 N–H and O–H groups in total. The van der Waals surface area contributed by atoms with E-state index in [0.29, 0.717) is 5.57 Å². The van der Waals surface area contributed by atoms with Crippen LogP contribution in [0.1, 0.15) is 34.6 Å². The van der Waals surface area contributed by atoms with Gasteiger partial charge in [-0.3, -0.25) is 0 Å². The van der Waals surface area contributed by atoms with Gasteiger partial charge in [-0.05, 0) is 19.3 Å². The van der Waals surface area contributed by atoms with Gasteiger partial charge >= 0.3 is 5.97 Å². The molecular formula is C10H20O2Si. The smallest absolute Gasteiger partial charge is 0.333 e. The van der Waals surface area contributed by atoms with Crippen molar-refractivity contribution in [3.63, 3.8) is 0 Å². The second-order valence-electron chi connectivity index (χ2n) is 4.93. The quantitative estimate of drug-likeness (QED) is 0.381. The monoisotopic (exact) mass is 200 g/mol. The van der Waals surface area contributed by atoms with E-state index in [1.807, 2.05) is 6.92 Å². The molecule has 0 heterocycles. The summed E-state index contributed by atoms with van der Waals surface area (Å²) in [6, 6.07) is 0. The van der Waals surface area contributed by atoms with E-state index in [1.165, 1.54) is 0 Å². The molecule has 76 valence electrons. The van der Waals surface area contributed by atoms with E-state index >= 15 is 0 Å². The van der Waals surface area contributed by atoms with Crippen molar-refractivity contribution < 1.29 is 9.53 Å². The largest absolute Gasteiger partial charge is 0.461 e. The van der Waals surface area contributed by atoms with E-state index in [-0.39, 0.29) is 16.6 Å². The minimum absolute atomic E-state index is 0.00959. The first-order valence-electron chi connectivity index (χ1n) is 4.47. The highest BCUT2D eigenvalue weighted by atomic mass is 28.1. The lowest BCUT2D eigenvalue weighted by Gasteiger charge is -2.38. The highest BCUT2D eigenvalue weighted by Crippen LogP contribution is 2.30. The van der Waals surface area contributed by atoms with Crippen LogP contribution in [0.25, 0.3) is 0 Å². The maximum absolute atomic E-state index is 11.3. The second-order valence-corrected chi connectivity index (χ2v) is 6.84. The van der Waals surface area contributed by atoms with Gasteiger partial charge in [-0.2, -0.15) is 0 Å². The van der Waals surface area contributed by atoms with Crippen molar-refractivity contribution in [2.45, 2.75) is 39.8 Å². The molecule has 1 atom stereocenters. The molecule has 2 nitrogen and oxygen atoms in total. The Balaban J connectivity index is 4.53. The summed E-state index contributed by atoms with van der Waals surface area (Å²) in [5, 5.41) is -0.330. The molecule has 13 heavy (non-hydrogen) atoms. The van der Waals surface area contributed by atoms with Gasteiger partial charge in [0, 0.05) is 5.57 Å². The first-order valence-corrected chi connectivity index (χ1v) is 5.47. The van der Waals surface area contributed by atoms with Crippen molar-refractivity contribution >= 4 is 16.2 Å². The zero-order valence-electron chi connectivity index (χ0n) is 9.52. The van der Waals surface area contributed by atoms with Crippen LogP contribution >= 0.6 is 0 Å². The molecule has 0 rings (SSSR count). The second kappa shape index (κ2) is 3.66. The zero-order chi connectivity index (χ0) is 10.9. The van der Waals surface area contributed by atoms with Gasteiger partial charge in [0.15, 0.2) is 0 Å². The number of rotatable bonds is 2. The maximum Gasteiger partial charge on any atom is 0.333 e. The predicted octanol–water partition coefficient (Wildman–Crippen LogP) is 1.23. The summed E-state index contributed by atoms with van der Waals surface area (Å²) < 4.78 is 5.39. The van der Waals surface area contributed by atoms with Gasteiger partial charge < -0.3 is 4.74 Å². The molecule has 0 aliphatic carbocycles. The number of esters is 1. The molecule has 0 aromatic heterocycles. The Morgan fingerprint density at radius 1 is 1.31 bits per heavy atom. The Hall–Kier alpha value is -0.573. The van der Waals surface area contributed by atoms with Gasteiger partial charge in [0.05, 0.1) is 15.5 Å². The lowest BCUT2D eigenvalue weighted by molar-refractivity contribution is -0.153. The van der Waals surface area contributed by atoms with Crippen molar-refractivity contribution in [3.05, 3.63) is 12.2 Å². The van der Waals surface area contributed by atoms with Crippen molar-refractivity contribution in [2.75, 3.05) is 0 Å². The summed E-state index contributed by atoms with van der Waals surface area (Å²) in [4.78, 5) is 11.3. The van der Waals surface area contributed by atoms with E-state index < -0.39 is 0 Å². The molecule has 0 radical (unpaired) electrons. The van der Waals surface area contributed by atoms with E-state index in [0.717, 1.165) is 10.2 Å². The topological polar surface area (TPSA) is 26.3 Å². The van der Waals surface area contributed by atoms with Crippen LogP contribution in [0.15, 0.2) is 12.2 Å². The van der Waals surface area contributed by atoms with E-state index in [1.54, 1.807) is 6.92 Å². The van der Waals surface area contributed by atoms with Gasteiger partial charge in [-0.15, -0.1) is 0 Å². The molecule has 0 aromatic rings. The molecule has 3 heteroatoms. The average Bonchev–Trinajstić information content (AvgIpc) is 1.83. The summed E-state index contributed by atoms with van der Waals surface area (Å²) in [7, 11) is 0.817. The molecular weight excluding hydrogens is 180 g/mol. The van der Waals surface area contributed by atoms with Crippen LogP contribution in [0.5, 0.6) is 0 Å². The predicted molar refractivity (Wildman–Crippen MR) is 58.7 cm³/mol. The minimum Gasteiger partial charge on any atom is -0.461 e. The first kappa shape index (κ1) is 12.4. The van der Waals surface area contributed by atoms with E-state index in [4.69, 9.17) is 4.74 Å². The third kappa shape index (κ3) is 3.34. The Morgan fingerprint density at radius 3 is 1.92 bits per heavy atom. The fourth-order valence-electron chi connectivity index (χ4n) is 0.472. The molecule has 1 unspecified atom stereocenters. The van der Waals surface area contributed by atoms with Crippen LogP contribution in [0.3, 0.4) is 0 Å². The molecule has 0 aromatic carbocycles. The molecule has 0 spiro atoms. The number of hydrogen-bond acceptors (Lipinski definition) is 2. The van der Waals surface area contributed by atoms with Gasteiger partial charge in [0.25, 0.3) is 0 Å². The lowest BCUT2D eigenvalue weighted by atomic mass is 9.89. The van der Waals surface area contributed by atoms with Crippen molar-refractivity contribution in [2.24, 2.45) is 5.41 Å². The number of carbonyl (C=O) groups is 1. The third-order valence-electron chi connectivity index (χ3n) is 2.50. The average molecular weight is 200 g/mol. The highest BCUT2D eigenvalue weighted by molar-refractivity contribution is 6.15. The summed E-state index contributed by atoms with van der Waals surface area (Å²) in [6.07, 6.45) is 0. The van der Waals surface area contributed by atoms with Gasteiger partial charge in [0.2, 0.25) is 0 Å². The number of carbonyl (C=O) groups excluding carboxylic acids is 1. The van der Waals surface area contributed by atoms with Gasteiger partial charge in [-0.25, -0.2) is 4.79 Å². The first-order chi connectivity index (χ1) is 5.58. The maximum atomic E-state index is 11.3. The molecule has 0 saturated heterocycles. The number of ether oxygens (including phenoxy) is 1. The lowest BCUT2D eigenvalue weighted by Crippen LogP contribution is -2.44. The summed E-state index contributed by atoms with van der Waals surface area (Å²) in [5.41, 5.74) is 0.455. The summed E-state index contributed by atoms with van der Waals surface area (Å²) in [6.45, 7) is 13.4. The van der Waals surface area contributed by atoms with E-state index in [9.17, 15) is 4.79 Å². The Kier molecular flexibility index (Phi) is 3.50. The molecule has 0 aliphatic rings. The van der Waals surface area contributed by atoms with Crippen molar-refractivity contribution in [1.82, 2.24) is 0 Å². The van der Waals surface area contributed by atoms with Crippen molar-refractivity contribution in [3.8, 4) is 0 Å². The SMILES string of the molecule is C=C(C)C(=O)OC(C)([SiH3])C(C)(C)C. The van der Waals surface area contributed by atoms with E-state index in [2.05, 4.69) is 27.4 Å². The van der Waals surface area contributed by atoms with Gasteiger partial charge in [0.1, 0.15) is 0 Å². The third-order valence-corrected chi connectivity index (χ3v) is 4.21.